The summed E-state index contributed by atoms with van der Waals surface area (Å²) in [5, 5.41) is 9.77. The number of aromatic nitrogens is 4. The highest BCUT2D eigenvalue weighted by molar-refractivity contribution is 5.93. The van der Waals surface area contributed by atoms with Crippen LogP contribution in [-0.4, -0.2) is 25.7 Å². The summed E-state index contributed by atoms with van der Waals surface area (Å²) in [7, 11) is 0. The first-order valence-corrected chi connectivity index (χ1v) is 6.95. The van der Waals surface area contributed by atoms with Crippen molar-refractivity contribution in [3.05, 3.63) is 42.4 Å². The number of hydrogen-bond donors (Lipinski definition) is 2. The van der Waals surface area contributed by atoms with E-state index in [2.05, 4.69) is 20.5 Å². The molecule has 1 unspecified atom stereocenters. The largest absolute Gasteiger partial charge is 0.318 e. The molecule has 0 saturated carbocycles. The van der Waals surface area contributed by atoms with E-state index < -0.39 is 0 Å². The average Bonchev–Trinajstić information content (AvgIpc) is 3.12. The molecule has 0 radical (unpaired) electrons. The molecule has 0 aliphatic heterocycles. The number of fused-ring (bicyclic) bond motifs is 1. The number of H-pyrrole nitrogens is 1. The summed E-state index contributed by atoms with van der Waals surface area (Å²) in [5.74, 6) is 0.431. The fraction of sp³-hybridized carbons (Fsp3) is 0.267. The van der Waals surface area contributed by atoms with Gasteiger partial charge < -0.3 is 9.88 Å². The minimum atomic E-state index is -0.362. The number of aromatic amines is 1. The molecule has 108 valence electrons. The molecule has 0 aliphatic rings. The van der Waals surface area contributed by atoms with Gasteiger partial charge >= 0.3 is 0 Å². The first-order valence-electron chi connectivity index (χ1n) is 6.95. The Kier molecular flexibility index (Phi) is 3.43. The number of hydrogen-bond acceptors (Lipinski definition) is 3. The lowest BCUT2D eigenvalue weighted by Crippen LogP contribution is -2.23. The van der Waals surface area contributed by atoms with Crippen LogP contribution in [0.25, 0.3) is 11.0 Å². The number of nitrogens with zero attached hydrogens (tertiary/aromatic N) is 3. The first-order chi connectivity index (χ1) is 10.2. The Balaban J connectivity index is 1.81. The highest BCUT2D eigenvalue weighted by atomic mass is 16.2. The van der Waals surface area contributed by atoms with E-state index in [4.69, 9.17) is 0 Å². The molecule has 2 N–H and O–H groups in total. The molecule has 1 aromatic carbocycles. The molecule has 0 fully saturated rings. The Bertz CT molecular complexity index is 773. The van der Waals surface area contributed by atoms with Crippen molar-refractivity contribution >= 4 is 22.8 Å². The molecule has 3 aromatic rings. The van der Waals surface area contributed by atoms with Crippen LogP contribution in [-0.2, 0) is 11.2 Å². The molecule has 21 heavy (non-hydrogen) atoms. The molecular formula is C15H17N5O. The Labute approximate surface area is 122 Å². The van der Waals surface area contributed by atoms with Crippen LogP contribution >= 0.6 is 0 Å². The van der Waals surface area contributed by atoms with Crippen molar-refractivity contribution in [2.24, 2.45) is 0 Å². The summed E-state index contributed by atoms with van der Waals surface area (Å²) in [4.78, 5) is 16.6. The standard InChI is InChI=1S/C15H17N5O/c1-3-11-8-14(19-18-11)17-15(21)10(2)20-9-16-12-6-4-5-7-13(12)20/h4-10H,3H2,1-2H3,(H2,17,18,19,21). The van der Waals surface area contributed by atoms with E-state index in [-0.39, 0.29) is 11.9 Å². The number of carbonyl (C=O) groups is 1. The third kappa shape index (κ3) is 2.52. The number of benzene rings is 1. The molecule has 6 nitrogen and oxygen atoms in total. The normalized spacial score (nSPS) is 12.5. The molecule has 0 bridgehead atoms. The van der Waals surface area contributed by atoms with E-state index in [1.165, 1.54) is 0 Å². The minimum absolute atomic E-state index is 0.118. The zero-order valence-electron chi connectivity index (χ0n) is 12.0. The van der Waals surface area contributed by atoms with Gasteiger partial charge in [-0.25, -0.2) is 4.98 Å². The molecule has 6 heteroatoms. The summed E-state index contributed by atoms with van der Waals surface area (Å²) in [5.41, 5.74) is 2.81. The van der Waals surface area contributed by atoms with Crippen LogP contribution in [0.3, 0.4) is 0 Å². The second kappa shape index (κ2) is 5.40. The molecule has 0 spiro atoms. The Morgan fingerprint density at radius 3 is 3.00 bits per heavy atom. The van der Waals surface area contributed by atoms with Crippen LogP contribution in [0.15, 0.2) is 36.7 Å². The van der Waals surface area contributed by atoms with Gasteiger partial charge in [-0.1, -0.05) is 19.1 Å². The van der Waals surface area contributed by atoms with Gasteiger partial charge in [0.25, 0.3) is 0 Å². The van der Waals surface area contributed by atoms with Gasteiger partial charge in [-0.05, 0) is 25.5 Å². The number of para-hydroxylation sites is 2. The van der Waals surface area contributed by atoms with E-state index in [0.717, 1.165) is 23.1 Å². The van der Waals surface area contributed by atoms with Crippen molar-refractivity contribution in [3.8, 4) is 0 Å². The summed E-state index contributed by atoms with van der Waals surface area (Å²) >= 11 is 0. The van der Waals surface area contributed by atoms with Gasteiger partial charge in [-0.3, -0.25) is 9.89 Å². The number of anilines is 1. The van der Waals surface area contributed by atoms with Gasteiger partial charge in [0.1, 0.15) is 6.04 Å². The monoisotopic (exact) mass is 283 g/mol. The highest BCUT2D eigenvalue weighted by Crippen LogP contribution is 2.18. The number of amides is 1. The summed E-state index contributed by atoms with van der Waals surface area (Å²) < 4.78 is 1.86. The van der Waals surface area contributed by atoms with Crippen molar-refractivity contribution in [2.45, 2.75) is 26.3 Å². The second-order valence-electron chi connectivity index (χ2n) is 4.94. The highest BCUT2D eigenvalue weighted by Gasteiger charge is 2.18. The third-order valence-corrected chi connectivity index (χ3v) is 3.54. The van der Waals surface area contributed by atoms with Crippen molar-refractivity contribution in [3.63, 3.8) is 0 Å². The van der Waals surface area contributed by atoms with Crippen molar-refractivity contribution < 1.29 is 4.79 Å². The van der Waals surface area contributed by atoms with Crippen molar-refractivity contribution in [1.82, 2.24) is 19.7 Å². The molecule has 0 aliphatic carbocycles. The number of carbonyl (C=O) groups excluding carboxylic acids is 1. The van der Waals surface area contributed by atoms with Crippen LogP contribution in [0.2, 0.25) is 0 Å². The fourth-order valence-electron chi connectivity index (χ4n) is 2.25. The van der Waals surface area contributed by atoms with Crippen molar-refractivity contribution in [2.75, 3.05) is 5.32 Å². The molecular weight excluding hydrogens is 266 g/mol. The van der Waals surface area contributed by atoms with E-state index in [0.29, 0.717) is 5.82 Å². The smallest absolute Gasteiger partial charge is 0.248 e. The molecule has 0 saturated heterocycles. The summed E-state index contributed by atoms with van der Waals surface area (Å²) in [6, 6.07) is 9.23. The van der Waals surface area contributed by atoms with Crippen LogP contribution in [0.4, 0.5) is 5.82 Å². The topological polar surface area (TPSA) is 75.6 Å². The van der Waals surface area contributed by atoms with E-state index in [1.54, 1.807) is 6.33 Å². The van der Waals surface area contributed by atoms with Gasteiger partial charge in [-0.2, -0.15) is 5.10 Å². The number of nitrogens with one attached hydrogen (secondary N) is 2. The predicted octanol–water partition coefficient (Wildman–Crippen LogP) is 2.52. The van der Waals surface area contributed by atoms with Gasteiger partial charge in [0.05, 0.1) is 17.4 Å². The Morgan fingerprint density at radius 2 is 2.24 bits per heavy atom. The van der Waals surface area contributed by atoms with E-state index >= 15 is 0 Å². The molecule has 3 rings (SSSR count). The zero-order chi connectivity index (χ0) is 14.8. The van der Waals surface area contributed by atoms with Crippen molar-refractivity contribution in [1.29, 1.82) is 0 Å². The lowest BCUT2D eigenvalue weighted by Gasteiger charge is -2.13. The van der Waals surface area contributed by atoms with Gasteiger partial charge in [0.15, 0.2) is 5.82 Å². The van der Waals surface area contributed by atoms with E-state index in [1.807, 2.05) is 48.7 Å². The maximum Gasteiger partial charge on any atom is 0.248 e. The number of aryl methyl sites for hydroxylation is 1. The zero-order valence-corrected chi connectivity index (χ0v) is 12.0. The Hall–Kier alpha value is -2.63. The third-order valence-electron chi connectivity index (χ3n) is 3.54. The average molecular weight is 283 g/mol. The second-order valence-corrected chi connectivity index (χ2v) is 4.94. The molecule has 1 atom stereocenters. The van der Waals surface area contributed by atoms with Crippen LogP contribution in [0.5, 0.6) is 0 Å². The number of imidazole rings is 1. The van der Waals surface area contributed by atoms with Gasteiger partial charge in [0.2, 0.25) is 5.91 Å². The maximum absolute atomic E-state index is 12.3. The molecule has 2 aromatic heterocycles. The lowest BCUT2D eigenvalue weighted by molar-refractivity contribution is -0.118. The van der Waals surface area contributed by atoms with Crippen LogP contribution in [0.1, 0.15) is 25.6 Å². The van der Waals surface area contributed by atoms with Crippen LogP contribution in [0, 0.1) is 0 Å². The number of rotatable bonds is 4. The summed E-state index contributed by atoms with van der Waals surface area (Å²) in [6.45, 7) is 3.87. The quantitative estimate of drug-likeness (QED) is 0.772. The molecule has 2 heterocycles. The lowest BCUT2D eigenvalue weighted by atomic mass is 10.2. The Morgan fingerprint density at radius 1 is 1.43 bits per heavy atom. The van der Waals surface area contributed by atoms with Gasteiger partial charge in [-0.15, -0.1) is 0 Å². The first kappa shape index (κ1) is 13.4. The van der Waals surface area contributed by atoms with Crippen LogP contribution < -0.4 is 5.32 Å². The van der Waals surface area contributed by atoms with Gasteiger partial charge in [0, 0.05) is 11.8 Å². The van der Waals surface area contributed by atoms with E-state index in [9.17, 15) is 4.79 Å². The maximum atomic E-state index is 12.3. The SMILES string of the molecule is CCc1cc(NC(=O)C(C)n2cnc3ccccc32)n[nH]1. The fourth-order valence-corrected chi connectivity index (χ4v) is 2.25. The summed E-state index contributed by atoms with van der Waals surface area (Å²) in [6.07, 6.45) is 2.54. The minimum Gasteiger partial charge on any atom is -0.318 e. The predicted molar refractivity (Wildman–Crippen MR) is 81.0 cm³/mol. The molecule has 1 amide bonds.